The maximum atomic E-state index is 12.5. The Kier molecular flexibility index (Phi) is 6.03. The fraction of sp³-hybridized carbons (Fsp3) is 0.174. The Labute approximate surface area is 171 Å². The summed E-state index contributed by atoms with van der Waals surface area (Å²) in [6.07, 6.45) is 0.710. The molecule has 6 heteroatoms. The number of para-hydroxylation sites is 1. The lowest BCUT2D eigenvalue weighted by molar-refractivity contribution is 0.112. The van der Waals surface area contributed by atoms with Crippen molar-refractivity contribution in [2.45, 2.75) is 32.3 Å². The Morgan fingerprint density at radius 1 is 0.897 bits per heavy atom. The van der Waals surface area contributed by atoms with Crippen molar-refractivity contribution in [3.05, 3.63) is 88.5 Å². The molecule has 150 valence electrons. The molecule has 0 saturated heterocycles. The number of carbonyl (C=O) groups is 1. The fourth-order valence-corrected chi connectivity index (χ4v) is 3.85. The van der Waals surface area contributed by atoms with E-state index in [-0.39, 0.29) is 17.3 Å². The van der Waals surface area contributed by atoms with Crippen LogP contribution in [0.3, 0.4) is 0 Å². The molecule has 3 rings (SSSR count). The van der Waals surface area contributed by atoms with E-state index in [4.69, 9.17) is 8.92 Å². The minimum Gasteiger partial charge on any atom is -0.488 e. The molecule has 3 aromatic carbocycles. The van der Waals surface area contributed by atoms with Gasteiger partial charge in [0.05, 0.1) is 0 Å². The second-order valence-electron chi connectivity index (χ2n) is 6.84. The average Bonchev–Trinajstić information content (AvgIpc) is 2.68. The first-order valence-electron chi connectivity index (χ1n) is 9.08. The Morgan fingerprint density at radius 3 is 2.17 bits per heavy atom. The number of rotatable bonds is 7. The number of hydrogen-bond donors (Lipinski definition) is 0. The van der Waals surface area contributed by atoms with Crippen molar-refractivity contribution in [3.8, 4) is 11.5 Å². The molecule has 29 heavy (non-hydrogen) atoms. The number of aldehydes is 1. The smallest absolute Gasteiger partial charge is 0.339 e. The molecule has 0 unspecified atom stereocenters. The van der Waals surface area contributed by atoms with E-state index in [1.807, 2.05) is 39.0 Å². The van der Waals surface area contributed by atoms with Crippen LogP contribution in [0.15, 0.2) is 65.6 Å². The molecule has 0 bridgehead atoms. The molecule has 0 saturated carbocycles. The zero-order valence-electron chi connectivity index (χ0n) is 16.5. The Balaban J connectivity index is 1.85. The minimum atomic E-state index is -3.98. The summed E-state index contributed by atoms with van der Waals surface area (Å²) >= 11 is 0. The summed E-state index contributed by atoms with van der Waals surface area (Å²) in [4.78, 5) is 11.5. The maximum absolute atomic E-state index is 12.5. The number of ether oxygens (including phenoxy) is 1. The van der Waals surface area contributed by atoms with Crippen molar-refractivity contribution in [2.24, 2.45) is 0 Å². The lowest BCUT2D eigenvalue weighted by Gasteiger charge is -2.14. The van der Waals surface area contributed by atoms with Crippen molar-refractivity contribution in [2.75, 3.05) is 0 Å². The van der Waals surface area contributed by atoms with Crippen LogP contribution >= 0.6 is 0 Å². The molecule has 0 aliphatic heterocycles. The third kappa shape index (κ3) is 4.84. The molecule has 0 aliphatic carbocycles. The highest BCUT2D eigenvalue weighted by molar-refractivity contribution is 7.87. The standard InChI is InChI=1S/C23H22O5S/c1-16-7-11-22(12-8-16)29(25,26)28-21-10-9-19(14-24)20(13-21)15-27-23-17(2)5-4-6-18(23)3/h4-14H,15H2,1-3H3. The number of carbonyl (C=O) groups excluding carboxylic acids is 1. The zero-order chi connectivity index (χ0) is 21.0. The van der Waals surface area contributed by atoms with Crippen LogP contribution in [0.5, 0.6) is 11.5 Å². The molecule has 5 nitrogen and oxygen atoms in total. The number of aryl methyl sites for hydroxylation is 3. The van der Waals surface area contributed by atoms with Crippen molar-refractivity contribution in [1.82, 2.24) is 0 Å². The van der Waals surface area contributed by atoms with Gasteiger partial charge in [0.2, 0.25) is 0 Å². The van der Waals surface area contributed by atoms with E-state index < -0.39 is 10.1 Å². The van der Waals surface area contributed by atoms with Crippen molar-refractivity contribution in [3.63, 3.8) is 0 Å². The van der Waals surface area contributed by atoms with Crippen molar-refractivity contribution >= 4 is 16.4 Å². The van der Waals surface area contributed by atoms with Crippen LogP contribution < -0.4 is 8.92 Å². The van der Waals surface area contributed by atoms with Gasteiger partial charge >= 0.3 is 10.1 Å². The van der Waals surface area contributed by atoms with Gasteiger partial charge in [-0.15, -0.1) is 0 Å². The van der Waals surface area contributed by atoms with E-state index in [0.717, 1.165) is 22.4 Å². The average molecular weight is 410 g/mol. The van der Waals surface area contributed by atoms with Crippen LogP contribution in [0, 0.1) is 20.8 Å². The van der Waals surface area contributed by atoms with Crippen LogP contribution in [0.1, 0.15) is 32.6 Å². The summed E-state index contributed by atoms with van der Waals surface area (Å²) in [5.41, 5.74) is 3.86. The number of benzene rings is 3. The Hall–Kier alpha value is -3.12. The normalized spacial score (nSPS) is 11.1. The largest absolute Gasteiger partial charge is 0.488 e. The summed E-state index contributed by atoms with van der Waals surface area (Å²) < 4.78 is 36.2. The summed E-state index contributed by atoms with van der Waals surface area (Å²) in [6, 6.07) is 16.7. The van der Waals surface area contributed by atoms with E-state index in [1.54, 1.807) is 12.1 Å². The first-order chi connectivity index (χ1) is 13.8. The van der Waals surface area contributed by atoms with Crippen LogP contribution in [0.4, 0.5) is 0 Å². The van der Waals surface area contributed by atoms with Crippen molar-refractivity contribution in [1.29, 1.82) is 0 Å². The van der Waals surface area contributed by atoms with Gasteiger partial charge in [-0.05, 0) is 62.2 Å². The predicted molar refractivity (Wildman–Crippen MR) is 111 cm³/mol. The Morgan fingerprint density at radius 2 is 1.55 bits per heavy atom. The molecule has 0 atom stereocenters. The fourth-order valence-electron chi connectivity index (χ4n) is 2.93. The monoisotopic (exact) mass is 410 g/mol. The van der Waals surface area contributed by atoms with E-state index in [0.29, 0.717) is 17.4 Å². The van der Waals surface area contributed by atoms with Crippen LogP contribution in [-0.4, -0.2) is 14.7 Å². The van der Waals surface area contributed by atoms with E-state index in [2.05, 4.69) is 0 Å². The van der Waals surface area contributed by atoms with Gasteiger partial charge in [-0.2, -0.15) is 8.42 Å². The van der Waals surface area contributed by atoms with E-state index in [9.17, 15) is 13.2 Å². The second kappa shape index (κ2) is 8.49. The quantitative estimate of drug-likeness (QED) is 0.414. The summed E-state index contributed by atoms with van der Waals surface area (Å²) in [5.74, 6) is 0.860. The van der Waals surface area contributed by atoms with Crippen molar-refractivity contribution < 1.29 is 22.1 Å². The summed E-state index contributed by atoms with van der Waals surface area (Å²) in [7, 11) is -3.98. The first-order valence-corrected chi connectivity index (χ1v) is 10.5. The lowest BCUT2D eigenvalue weighted by atomic mass is 10.1. The van der Waals surface area contributed by atoms with Crippen LogP contribution in [-0.2, 0) is 16.7 Å². The van der Waals surface area contributed by atoms with Gasteiger partial charge < -0.3 is 8.92 Å². The highest BCUT2D eigenvalue weighted by atomic mass is 32.2. The topological polar surface area (TPSA) is 69.7 Å². The van der Waals surface area contributed by atoms with Crippen LogP contribution in [0.25, 0.3) is 0 Å². The van der Waals surface area contributed by atoms with Gasteiger partial charge in [-0.25, -0.2) is 0 Å². The molecule has 0 heterocycles. The SMILES string of the molecule is Cc1ccc(S(=O)(=O)Oc2ccc(C=O)c(COc3c(C)cccc3C)c2)cc1. The number of hydrogen-bond acceptors (Lipinski definition) is 5. The molecule has 0 radical (unpaired) electrons. The highest BCUT2D eigenvalue weighted by Crippen LogP contribution is 2.26. The second-order valence-corrected chi connectivity index (χ2v) is 8.38. The van der Waals surface area contributed by atoms with E-state index >= 15 is 0 Å². The van der Waals surface area contributed by atoms with Gasteiger partial charge in [0.15, 0.2) is 0 Å². The zero-order valence-corrected chi connectivity index (χ0v) is 17.3. The minimum absolute atomic E-state index is 0.0656. The van der Waals surface area contributed by atoms with Gasteiger partial charge in [0, 0.05) is 11.1 Å². The van der Waals surface area contributed by atoms with Gasteiger partial charge in [0.1, 0.15) is 29.3 Å². The summed E-state index contributed by atoms with van der Waals surface area (Å²) in [6.45, 7) is 5.87. The molecule has 0 amide bonds. The molecule has 0 fully saturated rings. The lowest BCUT2D eigenvalue weighted by Crippen LogP contribution is -2.10. The Bertz CT molecular complexity index is 1110. The highest BCUT2D eigenvalue weighted by Gasteiger charge is 2.17. The van der Waals surface area contributed by atoms with Crippen LogP contribution in [0.2, 0.25) is 0 Å². The van der Waals surface area contributed by atoms with Gasteiger partial charge in [-0.1, -0.05) is 35.9 Å². The molecule has 0 aromatic heterocycles. The predicted octanol–water partition coefficient (Wildman–Crippen LogP) is 4.77. The van der Waals surface area contributed by atoms with Gasteiger partial charge in [-0.3, -0.25) is 4.79 Å². The first kappa shape index (κ1) is 20.6. The molecular formula is C23H22O5S. The maximum Gasteiger partial charge on any atom is 0.339 e. The molecule has 0 aliphatic rings. The molecule has 0 spiro atoms. The van der Waals surface area contributed by atoms with Gasteiger partial charge in [0.25, 0.3) is 0 Å². The van der Waals surface area contributed by atoms with E-state index in [1.165, 1.54) is 30.3 Å². The molecule has 3 aromatic rings. The third-order valence-corrected chi connectivity index (χ3v) is 5.80. The third-order valence-electron chi connectivity index (χ3n) is 4.54. The summed E-state index contributed by atoms with van der Waals surface area (Å²) in [5, 5.41) is 0. The molecule has 0 N–H and O–H groups in total. The molecular weight excluding hydrogens is 388 g/mol.